The average Bonchev–Trinajstić information content (AvgIpc) is 3.26. The molecule has 1 aliphatic rings. The van der Waals surface area contributed by atoms with Crippen LogP contribution >= 0.6 is 0 Å². The van der Waals surface area contributed by atoms with Gasteiger partial charge in [0.1, 0.15) is 11.6 Å². The highest BCUT2D eigenvalue weighted by Gasteiger charge is 2.28. The third-order valence-corrected chi connectivity index (χ3v) is 5.47. The van der Waals surface area contributed by atoms with E-state index < -0.39 is 11.7 Å². The van der Waals surface area contributed by atoms with E-state index in [-0.39, 0.29) is 12.0 Å². The summed E-state index contributed by atoms with van der Waals surface area (Å²) in [7, 11) is 1.63. The number of carbonyl (C=O) groups is 1. The van der Waals surface area contributed by atoms with Crippen LogP contribution in [0, 0.1) is 5.82 Å². The normalized spacial score (nSPS) is 14.8. The van der Waals surface area contributed by atoms with E-state index in [1.165, 1.54) is 24.3 Å². The highest BCUT2D eigenvalue weighted by atomic mass is 19.1. The van der Waals surface area contributed by atoms with Gasteiger partial charge in [-0.25, -0.2) is 14.1 Å². The van der Waals surface area contributed by atoms with Crippen molar-refractivity contribution in [2.75, 3.05) is 12.4 Å². The fourth-order valence-corrected chi connectivity index (χ4v) is 3.76. The van der Waals surface area contributed by atoms with Crippen LogP contribution in [0.1, 0.15) is 33.9 Å². The monoisotopic (exact) mass is 441 g/mol. The highest BCUT2D eigenvalue weighted by Crippen LogP contribution is 2.34. The minimum Gasteiger partial charge on any atom is -0.497 e. The molecule has 1 amide bonds. The van der Waals surface area contributed by atoms with Crippen molar-refractivity contribution in [1.29, 1.82) is 0 Å². The number of rotatable bonds is 5. The summed E-state index contributed by atoms with van der Waals surface area (Å²) in [5.41, 5.74) is 3.21. The van der Waals surface area contributed by atoms with E-state index in [0.717, 1.165) is 22.6 Å². The molecular weight excluding hydrogens is 421 g/mol. The summed E-state index contributed by atoms with van der Waals surface area (Å²) < 4.78 is 20.2. The molecule has 1 atom stereocenters. The molecule has 7 nitrogen and oxygen atoms in total. The van der Waals surface area contributed by atoms with Gasteiger partial charge in [-0.3, -0.25) is 10.1 Å². The zero-order chi connectivity index (χ0) is 22.8. The van der Waals surface area contributed by atoms with Gasteiger partial charge in [0.25, 0.3) is 17.8 Å². The molecule has 33 heavy (non-hydrogen) atoms. The fraction of sp³-hybridized carbons (Fsp3) is 0.120. The van der Waals surface area contributed by atoms with Gasteiger partial charge in [-0.05, 0) is 47.5 Å². The average molecular weight is 441 g/mol. The van der Waals surface area contributed by atoms with Crippen molar-refractivity contribution < 1.29 is 13.9 Å². The van der Waals surface area contributed by atoms with Gasteiger partial charge in [-0.2, -0.15) is 4.98 Å². The number of hydrogen-bond donors (Lipinski definition) is 1. The molecule has 2 heterocycles. The number of anilines is 1. The number of methoxy groups -OCH3 is 1. The fourth-order valence-electron chi connectivity index (χ4n) is 3.76. The number of halogens is 1. The third kappa shape index (κ3) is 4.23. The van der Waals surface area contributed by atoms with Crippen LogP contribution in [0.15, 0.2) is 83.9 Å². The Morgan fingerprint density at radius 1 is 1.03 bits per heavy atom. The van der Waals surface area contributed by atoms with Gasteiger partial charge in [0.2, 0.25) is 0 Å². The van der Waals surface area contributed by atoms with Crippen LogP contribution in [-0.2, 0) is 0 Å². The van der Waals surface area contributed by atoms with Gasteiger partial charge in [0, 0.05) is 12.0 Å². The van der Waals surface area contributed by atoms with E-state index in [4.69, 9.17) is 9.73 Å². The molecule has 4 aromatic rings. The summed E-state index contributed by atoms with van der Waals surface area (Å²) in [4.78, 5) is 21.7. The van der Waals surface area contributed by atoms with Crippen LogP contribution in [0.4, 0.5) is 16.3 Å². The quantitative estimate of drug-likeness (QED) is 0.483. The van der Waals surface area contributed by atoms with Crippen LogP contribution in [0.5, 0.6) is 5.75 Å². The Morgan fingerprint density at radius 3 is 2.45 bits per heavy atom. The summed E-state index contributed by atoms with van der Waals surface area (Å²) in [6.45, 7) is 0. The van der Waals surface area contributed by atoms with E-state index in [0.29, 0.717) is 17.9 Å². The predicted octanol–water partition coefficient (Wildman–Crippen LogP) is 4.79. The third-order valence-electron chi connectivity index (χ3n) is 5.47. The van der Waals surface area contributed by atoms with Crippen molar-refractivity contribution in [2.24, 2.45) is 4.99 Å². The Kier molecular flexibility index (Phi) is 5.40. The first-order valence-corrected chi connectivity index (χ1v) is 10.4. The molecule has 3 aromatic carbocycles. The zero-order valence-electron chi connectivity index (χ0n) is 17.8. The second kappa shape index (κ2) is 8.66. The van der Waals surface area contributed by atoms with E-state index >= 15 is 0 Å². The predicted molar refractivity (Wildman–Crippen MR) is 123 cm³/mol. The van der Waals surface area contributed by atoms with Crippen LogP contribution < -0.4 is 10.1 Å². The van der Waals surface area contributed by atoms with Gasteiger partial charge in [-0.15, -0.1) is 5.10 Å². The first kappa shape index (κ1) is 20.6. The van der Waals surface area contributed by atoms with Gasteiger partial charge >= 0.3 is 0 Å². The number of nitrogens with zero attached hydrogens (tertiary/aromatic N) is 4. The topological polar surface area (TPSA) is 81.4 Å². The molecule has 0 radical (unpaired) electrons. The lowest BCUT2D eigenvalue weighted by Crippen LogP contribution is -2.21. The maximum absolute atomic E-state index is 13.2. The van der Waals surface area contributed by atoms with Crippen LogP contribution in [0.25, 0.3) is 0 Å². The molecule has 0 fully saturated rings. The van der Waals surface area contributed by atoms with Crippen LogP contribution in [-0.4, -0.2) is 33.5 Å². The Hall–Kier alpha value is -4.33. The number of aromatic nitrogens is 3. The largest absolute Gasteiger partial charge is 0.497 e. The molecule has 0 spiro atoms. The van der Waals surface area contributed by atoms with Gasteiger partial charge in [-0.1, -0.05) is 42.5 Å². The SMILES string of the molecule is COc1ccc(C2CC(c3ccccc3)=Nc3nc(NC(=O)c4ccc(F)cc4)nn32)cc1. The molecule has 0 aliphatic carbocycles. The molecule has 0 bridgehead atoms. The summed E-state index contributed by atoms with van der Waals surface area (Å²) >= 11 is 0. The molecular formula is C25H20FN5O2. The van der Waals surface area contributed by atoms with Crippen molar-refractivity contribution >= 4 is 23.5 Å². The zero-order valence-corrected chi connectivity index (χ0v) is 17.8. The smallest absolute Gasteiger partial charge is 0.258 e. The number of carbonyl (C=O) groups excluding carboxylic acids is 1. The van der Waals surface area contributed by atoms with Crippen molar-refractivity contribution in [3.8, 4) is 5.75 Å². The van der Waals surface area contributed by atoms with Crippen molar-refractivity contribution in [3.05, 3.63) is 101 Å². The van der Waals surface area contributed by atoms with Crippen LogP contribution in [0.3, 0.4) is 0 Å². The summed E-state index contributed by atoms with van der Waals surface area (Å²) in [5.74, 6) is 0.460. The second-order valence-electron chi connectivity index (χ2n) is 7.56. The molecule has 1 unspecified atom stereocenters. The Labute approximate surface area is 189 Å². The lowest BCUT2D eigenvalue weighted by atomic mass is 9.96. The minimum absolute atomic E-state index is 0.135. The van der Waals surface area contributed by atoms with Crippen molar-refractivity contribution in [3.63, 3.8) is 0 Å². The number of nitrogens with one attached hydrogen (secondary N) is 1. The van der Waals surface area contributed by atoms with E-state index in [1.807, 2.05) is 54.6 Å². The molecule has 1 N–H and O–H groups in total. The summed E-state index contributed by atoms with van der Waals surface area (Å²) in [6, 6.07) is 22.8. The highest BCUT2D eigenvalue weighted by molar-refractivity contribution is 6.04. The molecule has 0 saturated carbocycles. The lowest BCUT2D eigenvalue weighted by molar-refractivity contribution is 0.102. The van der Waals surface area contributed by atoms with Gasteiger partial charge in [0.15, 0.2) is 0 Å². The molecule has 8 heteroatoms. The first-order valence-electron chi connectivity index (χ1n) is 10.4. The Balaban J connectivity index is 1.51. The second-order valence-corrected chi connectivity index (χ2v) is 7.56. The van der Waals surface area contributed by atoms with E-state index in [9.17, 15) is 9.18 Å². The standard InChI is InChI=1S/C25H20FN5O2/c1-33-20-13-9-17(10-14-20)22-15-21(16-5-3-2-4-6-16)27-25-29-24(30-31(22)25)28-23(32)18-7-11-19(26)12-8-18/h2-14,22H,15H2,1H3,(H,28,30,32). The number of benzene rings is 3. The number of hydrogen-bond acceptors (Lipinski definition) is 5. The number of aliphatic imine (C=N–C) groups is 1. The first-order chi connectivity index (χ1) is 16.1. The molecule has 1 aliphatic heterocycles. The molecule has 0 saturated heterocycles. The number of amides is 1. The molecule has 164 valence electrons. The molecule has 1 aromatic heterocycles. The lowest BCUT2D eigenvalue weighted by Gasteiger charge is -2.23. The van der Waals surface area contributed by atoms with Crippen molar-refractivity contribution in [2.45, 2.75) is 12.5 Å². The van der Waals surface area contributed by atoms with Crippen LogP contribution in [0.2, 0.25) is 0 Å². The van der Waals surface area contributed by atoms with Gasteiger partial charge < -0.3 is 4.74 Å². The van der Waals surface area contributed by atoms with Gasteiger partial charge in [0.05, 0.1) is 18.9 Å². The van der Waals surface area contributed by atoms with E-state index in [1.54, 1.807) is 11.8 Å². The maximum Gasteiger partial charge on any atom is 0.258 e. The maximum atomic E-state index is 13.2. The summed E-state index contributed by atoms with van der Waals surface area (Å²) in [6.07, 6.45) is 0.609. The Bertz CT molecular complexity index is 1320. The minimum atomic E-state index is -0.425. The number of fused-ring (bicyclic) bond motifs is 1. The molecule has 5 rings (SSSR count). The summed E-state index contributed by atoms with van der Waals surface area (Å²) in [5, 5.41) is 7.21. The van der Waals surface area contributed by atoms with Crippen molar-refractivity contribution in [1.82, 2.24) is 14.8 Å². The Morgan fingerprint density at radius 2 is 1.76 bits per heavy atom. The van der Waals surface area contributed by atoms with E-state index in [2.05, 4.69) is 15.4 Å². The number of ether oxygens (including phenoxy) is 1.